The number of nitrogens with zero attached hydrogens (tertiary/aromatic N) is 1. The maximum Gasteiger partial charge on any atom is 0.0236 e. The molecule has 0 aromatic heterocycles. The molecule has 0 amide bonds. The van der Waals surface area contributed by atoms with Crippen molar-refractivity contribution in [1.29, 1.82) is 0 Å². The predicted octanol–water partition coefficient (Wildman–Crippen LogP) is 3.84. The zero-order valence-electron chi connectivity index (χ0n) is 12.8. The molecule has 0 aliphatic carbocycles. The first-order valence-electron chi connectivity index (χ1n) is 7.33. The SMILES string of the molecule is CNCCc1ccccc1CN(C)Cc1cccc(Br)c1. The van der Waals surface area contributed by atoms with Gasteiger partial charge in [0.25, 0.3) is 0 Å². The van der Waals surface area contributed by atoms with Gasteiger partial charge in [0.05, 0.1) is 0 Å². The zero-order chi connectivity index (χ0) is 15.1. The van der Waals surface area contributed by atoms with Crippen molar-refractivity contribution in [2.75, 3.05) is 20.6 Å². The van der Waals surface area contributed by atoms with E-state index in [4.69, 9.17) is 0 Å². The van der Waals surface area contributed by atoms with Crippen LogP contribution in [0.1, 0.15) is 16.7 Å². The fourth-order valence-corrected chi connectivity index (χ4v) is 2.96. The molecular formula is C18H23BrN2. The van der Waals surface area contributed by atoms with Crippen LogP contribution in [-0.4, -0.2) is 25.5 Å². The first-order valence-corrected chi connectivity index (χ1v) is 8.12. The van der Waals surface area contributed by atoms with E-state index in [1.54, 1.807) is 0 Å². The average Bonchev–Trinajstić information content (AvgIpc) is 2.46. The second kappa shape index (κ2) is 8.32. The highest BCUT2D eigenvalue weighted by Crippen LogP contribution is 2.16. The largest absolute Gasteiger partial charge is 0.319 e. The Kier molecular flexibility index (Phi) is 6.43. The van der Waals surface area contributed by atoms with Crippen molar-refractivity contribution in [2.24, 2.45) is 0 Å². The van der Waals surface area contributed by atoms with Gasteiger partial charge in [-0.05, 0) is 55.9 Å². The lowest BCUT2D eigenvalue weighted by Crippen LogP contribution is -2.19. The molecule has 2 nitrogen and oxygen atoms in total. The highest BCUT2D eigenvalue weighted by molar-refractivity contribution is 9.10. The number of hydrogen-bond donors (Lipinski definition) is 1. The molecule has 0 unspecified atom stereocenters. The fraction of sp³-hybridized carbons (Fsp3) is 0.333. The van der Waals surface area contributed by atoms with E-state index in [-0.39, 0.29) is 0 Å². The third-order valence-corrected chi connectivity index (χ3v) is 4.04. The summed E-state index contributed by atoms with van der Waals surface area (Å²) in [6.07, 6.45) is 1.08. The highest BCUT2D eigenvalue weighted by atomic mass is 79.9. The molecule has 1 N–H and O–H groups in total. The summed E-state index contributed by atoms with van der Waals surface area (Å²) >= 11 is 3.53. The van der Waals surface area contributed by atoms with Crippen molar-refractivity contribution < 1.29 is 0 Å². The van der Waals surface area contributed by atoms with Crippen molar-refractivity contribution in [3.8, 4) is 0 Å². The van der Waals surface area contributed by atoms with Crippen molar-refractivity contribution in [2.45, 2.75) is 19.5 Å². The maximum absolute atomic E-state index is 3.53. The Morgan fingerprint density at radius 2 is 1.76 bits per heavy atom. The lowest BCUT2D eigenvalue weighted by atomic mass is 10.0. The maximum atomic E-state index is 3.53. The third-order valence-electron chi connectivity index (χ3n) is 3.54. The van der Waals surface area contributed by atoms with Gasteiger partial charge in [-0.3, -0.25) is 4.90 Å². The molecule has 2 aromatic carbocycles. The fourth-order valence-electron chi connectivity index (χ4n) is 2.51. The predicted molar refractivity (Wildman–Crippen MR) is 93.4 cm³/mol. The Bertz CT molecular complexity index is 569. The van der Waals surface area contributed by atoms with Gasteiger partial charge in [-0.2, -0.15) is 0 Å². The third kappa shape index (κ3) is 5.27. The molecule has 0 saturated heterocycles. The van der Waals surface area contributed by atoms with Crippen LogP contribution in [0, 0.1) is 0 Å². The van der Waals surface area contributed by atoms with Gasteiger partial charge in [0.15, 0.2) is 0 Å². The summed E-state index contributed by atoms with van der Waals surface area (Å²) in [6.45, 7) is 2.96. The van der Waals surface area contributed by atoms with E-state index in [0.29, 0.717) is 0 Å². The van der Waals surface area contributed by atoms with E-state index in [1.165, 1.54) is 16.7 Å². The summed E-state index contributed by atoms with van der Waals surface area (Å²) in [6, 6.07) is 17.2. The monoisotopic (exact) mass is 346 g/mol. The van der Waals surface area contributed by atoms with Crippen LogP contribution in [0.5, 0.6) is 0 Å². The van der Waals surface area contributed by atoms with Crippen molar-refractivity contribution in [3.05, 3.63) is 69.7 Å². The summed E-state index contributed by atoms with van der Waals surface area (Å²) in [5.74, 6) is 0. The number of halogens is 1. The molecule has 0 saturated carbocycles. The van der Waals surface area contributed by atoms with Crippen LogP contribution < -0.4 is 5.32 Å². The zero-order valence-corrected chi connectivity index (χ0v) is 14.4. The molecule has 2 aromatic rings. The first-order chi connectivity index (χ1) is 10.2. The minimum absolute atomic E-state index is 0.958. The summed E-state index contributed by atoms with van der Waals surface area (Å²) in [5.41, 5.74) is 4.19. The second-order valence-corrected chi connectivity index (χ2v) is 6.34. The van der Waals surface area contributed by atoms with Crippen LogP contribution in [0.2, 0.25) is 0 Å². The number of nitrogens with one attached hydrogen (secondary N) is 1. The number of rotatable bonds is 7. The highest BCUT2D eigenvalue weighted by Gasteiger charge is 2.06. The molecule has 0 bridgehead atoms. The van der Waals surface area contributed by atoms with Crippen molar-refractivity contribution >= 4 is 15.9 Å². The lowest BCUT2D eigenvalue weighted by molar-refractivity contribution is 0.318. The van der Waals surface area contributed by atoms with Crippen LogP contribution in [-0.2, 0) is 19.5 Å². The van der Waals surface area contributed by atoms with Crippen molar-refractivity contribution in [1.82, 2.24) is 10.2 Å². The molecule has 0 fully saturated rings. The van der Waals surface area contributed by atoms with Crippen LogP contribution in [0.25, 0.3) is 0 Å². The molecule has 21 heavy (non-hydrogen) atoms. The van der Waals surface area contributed by atoms with E-state index in [9.17, 15) is 0 Å². The summed E-state index contributed by atoms with van der Waals surface area (Å²) in [4.78, 5) is 2.36. The number of benzene rings is 2. The van der Waals surface area contributed by atoms with Gasteiger partial charge in [-0.1, -0.05) is 52.3 Å². The summed E-state index contributed by atoms with van der Waals surface area (Å²) < 4.78 is 1.14. The lowest BCUT2D eigenvalue weighted by Gasteiger charge is -2.19. The van der Waals surface area contributed by atoms with Crippen LogP contribution in [0.3, 0.4) is 0 Å². The Morgan fingerprint density at radius 3 is 2.48 bits per heavy atom. The van der Waals surface area contributed by atoms with Crippen molar-refractivity contribution in [3.63, 3.8) is 0 Å². The molecule has 0 aliphatic rings. The Balaban J connectivity index is 2.00. The quantitative estimate of drug-likeness (QED) is 0.819. The Labute approximate surface area is 136 Å². The molecular weight excluding hydrogens is 324 g/mol. The standard InChI is InChI=1S/C18H23BrN2/c1-20-11-10-16-7-3-4-8-17(16)14-21(2)13-15-6-5-9-18(19)12-15/h3-9,12,20H,10-11,13-14H2,1-2H3. The van der Waals surface area contributed by atoms with Gasteiger partial charge in [0.2, 0.25) is 0 Å². The Hall–Kier alpha value is -1.16. The average molecular weight is 347 g/mol. The van der Waals surface area contributed by atoms with E-state index in [1.807, 2.05) is 7.05 Å². The minimum atomic E-state index is 0.958. The van der Waals surface area contributed by atoms with Gasteiger partial charge in [0.1, 0.15) is 0 Å². The van der Waals surface area contributed by atoms with Crippen LogP contribution in [0.4, 0.5) is 0 Å². The van der Waals surface area contributed by atoms with Gasteiger partial charge in [-0.25, -0.2) is 0 Å². The first kappa shape index (κ1) is 16.2. The van der Waals surface area contributed by atoms with Gasteiger partial charge in [0, 0.05) is 17.6 Å². The number of hydrogen-bond acceptors (Lipinski definition) is 2. The van der Waals surface area contributed by atoms with Crippen LogP contribution in [0.15, 0.2) is 53.0 Å². The summed E-state index contributed by atoms with van der Waals surface area (Å²) in [7, 11) is 4.18. The van der Waals surface area contributed by atoms with Gasteiger partial charge < -0.3 is 5.32 Å². The molecule has 0 atom stereocenters. The molecule has 2 rings (SSSR count). The summed E-state index contributed by atoms with van der Waals surface area (Å²) in [5, 5.41) is 3.22. The van der Waals surface area contributed by atoms with Gasteiger partial charge in [-0.15, -0.1) is 0 Å². The van der Waals surface area contributed by atoms with Gasteiger partial charge >= 0.3 is 0 Å². The topological polar surface area (TPSA) is 15.3 Å². The van der Waals surface area contributed by atoms with E-state index in [2.05, 4.69) is 81.7 Å². The molecule has 0 aliphatic heterocycles. The normalized spacial score (nSPS) is 11.0. The van der Waals surface area contributed by atoms with E-state index >= 15 is 0 Å². The number of likely N-dealkylation sites (N-methyl/N-ethyl adjacent to an activating group) is 1. The van der Waals surface area contributed by atoms with E-state index < -0.39 is 0 Å². The molecule has 112 valence electrons. The second-order valence-electron chi connectivity index (χ2n) is 5.42. The molecule has 3 heteroatoms. The van der Waals surface area contributed by atoms with E-state index in [0.717, 1.165) is 30.5 Å². The smallest absolute Gasteiger partial charge is 0.0236 e. The molecule has 0 heterocycles. The minimum Gasteiger partial charge on any atom is -0.319 e. The molecule has 0 radical (unpaired) electrons. The van der Waals surface area contributed by atoms with Crippen LogP contribution >= 0.6 is 15.9 Å². The Morgan fingerprint density at radius 1 is 1.00 bits per heavy atom. The molecule has 0 spiro atoms.